The lowest BCUT2D eigenvalue weighted by molar-refractivity contribution is -0.127. The fourth-order valence-electron chi connectivity index (χ4n) is 2.75. The van der Waals surface area contributed by atoms with Gasteiger partial charge in [-0.1, -0.05) is 12.1 Å². The summed E-state index contributed by atoms with van der Waals surface area (Å²) >= 11 is 0. The highest BCUT2D eigenvalue weighted by Gasteiger charge is 2.31. The van der Waals surface area contributed by atoms with Crippen LogP contribution in [0.4, 0.5) is 11.4 Å². The van der Waals surface area contributed by atoms with Crippen LogP contribution in [0.3, 0.4) is 0 Å². The summed E-state index contributed by atoms with van der Waals surface area (Å²) in [5.41, 5.74) is 9.34. The van der Waals surface area contributed by atoms with Crippen LogP contribution in [0.15, 0.2) is 36.4 Å². The first-order chi connectivity index (χ1) is 11.5. The standard InChI is InChI=1S/C18H19N3O3/c1-10-3-4-11(2)17-15(10)16(21-14(22)9-24-17)18(23)20-13-7-5-12(19)6-8-13/h3-8,16H,9,19H2,1-2H3,(H,20,23)(H,21,22). The summed E-state index contributed by atoms with van der Waals surface area (Å²) in [6.07, 6.45) is 0. The van der Waals surface area contributed by atoms with Gasteiger partial charge in [-0.3, -0.25) is 9.59 Å². The molecule has 1 atom stereocenters. The smallest absolute Gasteiger partial charge is 0.258 e. The monoisotopic (exact) mass is 325 g/mol. The Morgan fingerprint density at radius 3 is 2.54 bits per heavy atom. The van der Waals surface area contributed by atoms with Gasteiger partial charge in [-0.15, -0.1) is 0 Å². The van der Waals surface area contributed by atoms with Gasteiger partial charge < -0.3 is 21.1 Å². The summed E-state index contributed by atoms with van der Waals surface area (Å²) in [4.78, 5) is 24.7. The number of hydrogen-bond donors (Lipinski definition) is 3. The SMILES string of the molecule is Cc1ccc(C)c2c1OCC(=O)NC2C(=O)Nc1ccc(N)cc1. The van der Waals surface area contributed by atoms with Gasteiger partial charge in [-0.25, -0.2) is 0 Å². The van der Waals surface area contributed by atoms with Crippen molar-refractivity contribution in [2.75, 3.05) is 17.7 Å². The minimum atomic E-state index is -0.813. The highest BCUT2D eigenvalue weighted by atomic mass is 16.5. The van der Waals surface area contributed by atoms with E-state index in [0.29, 0.717) is 22.7 Å². The van der Waals surface area contributed by atoms with Crippen molar-refractivity contribution < 1.29 is 14.3 Å². The summed E-state index contributed by atoms with van der Waals surface area (Å²) in [6.45, 7) is 3.68. The van der Waals surface area contributed by atoms with Gasteiger partial charge in [0.05, 0.1) is 0 Å². The number of benzene rings is 2. The molecule has 3 rings (SSSR count). The zero-order valence-electron chi connectivity index (χ0n) is 13.6. The number of nitrogens with two attached hydrogens (primary N) is 1. The van der Waals surface area contributed by atoms with E-state index >= 15 is 0 Å². The van der Waals surface area contributed by atoms with Gasteiger partial charge in [0, 0.05) is 16.9 Å². The summed E-state index contributed by atoms with van der Waals surface area (Å²) in [6, 6.07) is 9.85. The van der Waals surface area contributed by atoms with Gasteiger partial charge in [-0.05, 0) is 49.2 Å². The van der Waals surface area contributed by atoms with E-state index in [-0.39, 0.29) is 18.4 Å². The number of rotatable bonds is 2. The van der Waals surface area contributed by atoms with Gasteiger partial charge in [0.25, 0.3) is 11.8 Å². The molecular weight excluding hydrogens is 306 g/mol. The van der Waals surface area contributed by atoms with Gasteiger partial charge in [-0.2, -0.15) is 0 Å². The molecule has 2 amide bonds. The van der Waals surface area contributed by atoms with Gasteiger partial charge in [0.2, 0.25) is 0 Å². The zero-order chi connectivity index (χ0) is 17.3. The molecule has 1 aliphatic rings. The molecule has 2 aromatic rings. The van der Waals surface area contributed by atoms with Crippen LogP contribution in [0.5, 0.6) is 5.75 Å². The first kappa shape index (κ1) is 15.9. The molecule has 4 N–H and O–H groups in total. The molecule has 1 heterocycles. The molecule has 0 aliphatic carbocycles. The molecule has 6 heteroatoms. The quantitative estimate of drug-likeness (QED) is 0.737. The van der Waals surface area contributed by atoms with Crippen LogP contribution >= 0.6 is 0 Å². The zero-order valence-corrected chi connectivity index (χ0v) is 13.6. The third-order valence-corrected chi connectivity index (χ3v) is 3.99. The normalized spacial score (nSPS) is 16.4. The second-order valence-electron chi connectivity index (χ2n) is 5.84. The van der Waals surface area contributed by atoms with Crippen LogP contribution in [-0.2, 0) is 9.59 Å². The van der Waals surface area contributed by atoms with Crippen molar-refractivity contribution in [2.24, 2.45) is 0 Å². The minimum Gasteiger partial charge on any atom is -0.483 e. The maximum Gasteiger partial charge on any atom is 0.258 e. The Labute approximate surface area is 140 Å². The first-order valence-corrected chi connectivity index (χ1v) is 7.64. The third-order valence-electron chi connectivity index (χ3n) is 3.99. The molecule has 0 saturated heterocycles. The highest BCUT2D eigenvalue weighted by Crippen LogP contribution is 2.34. The molecule has 0 fully saturated rings. The second-order valence-corrected chi connectivity index (χ2v) is 5.84. The number of aryl methyl sites for hydroxylation is 2. The molecule has 1 aliphatic heterocycles. The molecule has 6 nitrogen and oxygen atoms in total. The number of carbonyl (C=O) groups excluding carboxylic acids is 2. The first-order valence-electron chi connectivity index (χ1n) is 7.64. The number of carbonyl (C=O) groups is 2. The molecule has 1 unspecified atom stereocenters. The predicted molar refractivity (Wildman–Crippen MR) is 91.8 cm³/mol. The lowest BCUT2D eigenvalue weighted by Crippen LogP contribution is -2.37. The Morgan fingerprint density at radius 1 is 1.17 bits per heavy atom. The van der Waals surface area contributed by atoms with E-state index in [4.69, 9.17) is 10.5 Å². The van der Waals surface area contributed by atoms with Crippen molar-refractivity contribution in [1.29, 1.82) is 0 Å². The summed E-state index contributed by atoms with van der Waals surface area (Å²) in [5, 5.41) is 5.54. The second kappa shape index (κ2) is 6.23. The van der Waals surface area contributed by atoms with Crippen molar-refractivity contribution >= 4 is 23.2 Å². The van der Waals surface area contributed by atoms with E-state index in [0.717, 1.165) is 11.1 Å². The van der Waals surface area contributed by atoms with Crippen molar-refractivity contribution in [3.05, 3.63) is 53.1 Å². The van der Waals surface area contributed by atoms with E-state index in [1.165, 1.54) is 0 Å². The molecule has 124 valence electrons. The maximum absolute atomic E-state index is 12.8. The van der Waals surface area contributed by atoms with E-state index in [1.807, 2.05) is 26.0 Å². The van der Waals surface area contributed by atoms with Crippen LogP contribution in [0.25, 0.3) is 0 Å². The highest BCUT2D eigenvalue weighted by molar-refractivity contribution is 5.99. The number of anilines is 2. The van der Waals surface area contributed by atoms with Crippen molar-refractivity contribution in [1.82, 2.24) is 5.32 Å². The molecular formula is C18H19N3O3. The number of amides is 2. The Hall–Kier alpha value is -3.02. The number of fused-ring (bicyclic) bond motifs is 1. The Balaban J connectivity index is 1.97. The maximum atomic E-state index is 12.8. The Bertz CT molecular complexity index is 800. The fourth-order valence-corrected chi connectivity index (χ4v) is 2.75. The van der Waals surface area contributed by atoms with Crippen LogP contribution in [0, 0.1) is 13.8 Å². The molecule has 0 spiro atoms. The predicted octanol–water partition coefficient (Wildman–Crippen LogP) is 2.07. The average molecular weight is 325 g/mol. The average Bonchev–Trinajstić information content (AvgIpc) is 2.73. The van der Waals surface area contributed by atoms with E-state index in [1.54, 1.807) is 24.3 Å². The number of ether oxygens (including phenoxy) is 1. The van der Waals surface area contributed by atoms with Crippen LogP contribution in [-0.4, -0.2) is 18.4 Å². The molecule has 0 radical (unpaired) electrons. The topological polar surface area (TPSA) is 93.4 Å². The minimum absolute atomic E-state index is 0.108. The summed E-state index contributed by atoms with van der Waals surface area (Å²) in [7, 11) is 0. The van der Waals surface area contributed by atoms with E-state index in [2.05, 4.69) is 10.6 Å². The number of hydrogen-bond acceptors (Lipinski definition) is 4. The van der Waals surface area contributed by atoms with Crippen molar-refractivity contribution in [3.63, 3.8) is 0 Å². The lowest BCUT2D eigenvalue weighted by Gasteiger charge is -2.20. The Kier molecular flexibility index (Phi) is 4.12. The fraction of sp³-hybridized carbons (Fsp3) is 0.222. The summed E-state index contributed by atoms with van der Waals surface area (Å²) < 4.78 is 5.61. The molecule has 0 aromatic heterocycles. The number of nitrogens with one attached hydrogen (secondary N) is 2. The van der Waals surface area contributed by atoms with Crippen LogP contribution in [0.1, 0.15) is 22.7 Å². The lowest BCUT2D eigenvalue weighted by atomic mass is 9.96. The van der Waals surface area contributed by atoms with Crippen LogP contribution < -0.4 is 21.1 Å². The van der Waals surface area contributed by atoms with Gasteiger partial charge >= 0.3 is 0 Å². The van der Waals surface area contributed by atoms with Crippen molar-refractivity contribution in [2.45, 2.75) is 19.9 Å². The number of nitrogen functional groups attached to an aromatic ring is 1. The van der Waals surface area contributed by atoms with Crippen molar-refractivity contribution in [3.8, 4) is 5.75 Å². The van der Waals surface area contributed by atoms with E-state index in [9.17, 15) is 9.59 Å². The van der Waals surface area contributed by atoms with Crippen LogP contribution in [0.2, 0.25) is 0 Å². The molecule has 0 saturated carbocycles. The van der Waals surface area contributed by atoms with Gasteiger partial charge in [0.1, 0.15) is 11.8 Å². The van der Waals surface area contributed by atoms with E-state index < -0.39 is 6.04 Å². The van der Waals surface area contributed by atoms with Gasteiger partial charge in [0.15, 0.2) is 6.61 Å². The molecule has 0 bridgehead atoms. The third kappa shape index (κ3) is 3.03. The summed E-state index contributed by atoms with van der Waals surface area (Å²) in [5.74, 6) is -0.0677. The molecule has 2 aromatic carbocycles. The largest absolute Gasteiger partial charge is 0.483 e. The Morgan fingerprint density at radius 2 is 1.83 bits per heavy atom. The molecule has 24 heavy (non-hydrogen) atoms.